The van der Waals surface area contributed by atoms with Crippen LogP contribution in [0.3, 0.4) is 0 Å². The molecule has 27 heavy (non-hydrogen) atoms. The molecule has 0 radical (unpaired) electrons. The summed E-state index contributed by atoms with van der Waals surface area (Å²) in [5.41, 5.74) is 5.23. The van der Waals surface area contributed by atoms with E-state index in [0.29, 0.717) is 0 Å². The SMILES string of the molecule is CC1=C(c2ccccc2)/C(=C/c2ccccc2)N[Si]1(C(C)(C)C)C(C)(C)C. The maximum atomic E-state index is 4.16. The van der Waals surface area contributed by atoms with E-state index >= 15 is 0 Å². The molecule has 0 amide bonds. The summed E-state index contributed by atoms with van der Waals surface area (Å²) in [6.07, 6.45) is 2.33. The van der Waals surface area contributed by atoms with Gasteiger partial charge in [-0.2, -0.15) is 0 Å². The van der Waals surface area contributed by atoms with Crippen molar-refractivity contribution in [1.82, 2.24) is 4.98 Å². The molecule has 0 bridgehead atoms. The molecule has 1 aliphatic heterocycles. The molecule has 1 heterocycles. The first-order valence-corrected chi connectivity index (χ1v) is 11.9. The minimum absolute atomic E-state index is 0.196. The summed E-state index contributed by atoms with van der Waals surface area (Å²) in [6, 6.07) is 21.5. The first-order chi connectivity index (χ1) is 12.6. The molecule has 1 nitrogen and oxygen atoms in total. The predicted octanol–water partition coefficient (Wildman–Crippen LogP) is 7.19. The van der Waals surface area contributed by atoms with Gasteiger partial charge in [-0.05, 0) is 34.2 Å². The summed E-state index contributed by atoms with van der Waals surface area (Å²) in [5, 5.41) is 1.96. The van der Waals surface area contributed by atoms with Crippen LogP contribution in [0.1, 0.15) is 59.6 Å². The Morgan fingerprint density at radius 1 is 0.741 bits per heavy atom. The smallest absolute Gasteiger partial charge is 0.192 e. The molecule has 0 saturated heterocycles. The van der Waals surface area contributed by atoms with E-state index in [1.165, 1.54) is 22.4 Å². The molecule has 1 aliphatic rings. The van der Waals surface area contributed by atoms with Crippen LogP contribution in [-0.2, 0) is 0 Å². The topological polar surface area (TPSA) is 12.0 Å². The van der Waals surface area contributed by atoms with Crippen LogP contribution in [0.2, 0.25) is 10.1 Å². The lowest BCUT2D eigenvalue weighted by molar-refractivity contribution is 0.604. The third kappa shape index (κ3) is 3.32. The van der Waals surface area contributed by atoms with Crippen molar-refractivity contribution in [2.75, 3.05) is 0 Å². The van der Waals surface area contributed by atoms with Gasteiger partial charge in [0, 0.05) is 11.3 Å². The fraction of sp³-hybridized carbons (Fsp3) is 0.360. The minimum Gasteiger partial charge on any atom is -0.406 e. The Morgan fingerprint density at radius 3 is 1.70 bits per heavy atom. The lowest BCUT2D eigenvalue weighted by atomic mass is 10.0. The van der Waals surface area contributed by atoms with E-state index in [1.54, 1.807) is 5.20 Å². The van der Waals surface area contributed by atoms with Gasteiger partial charge in [0.15, 0.2) is 8.24 Å². The van der Waals surface area contributed by atoms with Crippen LogP contribution in [0, 0.1) is 0 Å². The number of hydrogen-bond acceptors (Lipinski definition) is 1. The second kappa shape index (κ2) is 6.83. The van der Waals surface area contributed by atoms with E-state index < -0.39 is 8.24 Å². The van der Waals surface area contributed by atoms with Gasteiger partial charge in [0.2, 0.25) is 0 Å². The largest absolute Gasteiger partial charge is 0.406 e. The molecular weight excluding hydrogens is 342 g/mol. The average molecular weight is 376 g/mol. The first kappa shape index (κ1) is 19.7. The van der Waals surface area contributed by atoms with Gasteiger partial charge >= 0.3 is 0 Å². The second-order valence-corrected chi connectivity index (χ2v) is 15.2. The zero-order valence-corrected chi connectivity index (χ0v) is 18.9. The highest BCUT2D eigenvalue weighted by Gasteiger charge is 2.59. The molecule has 0 spiro atoms. The minimum atomic E-state index is -2.04. The number of nitrogens with one attached hydrogen (secondary N) is 1. The van der Waals surface area contributed by atoms with Crippen molar-refractivity contribution in [3.63, 3.8) is 0 Å². The molecule has 2 aromatic carbocycles. The number of hydrogen-bond donors (Lipinski definition) is 1. The van der Waals surface area contributed by atoms with Crippen LogP contribution < -0.4 is 4.98 Å². The fourth-order valence-electron chi connectivity index (χ4n) is 5.17. The van der Waals surface area contributed by atoms with E-state index in [-0.39, 0.29) is 10.1 Å². The molecule has 0 unspecified atom stereocenters. The molecule has 2 heteroatoms. The van der Waals surface area contributed by atoms with E-state index in [0.717, 1.165) is 0 Å². The summed E-state index contributed by atoms with van der Waals surface area (Å²) in [6.45, 7) is 16.8. The number of allylic oxidation sites excluding steroid dienone is 2. The summed E-state index contributed by atoms with van der Waals surface area (Å²) in [5.74, 6) is 0. The average Bonchev–Trinajstić information content (AvgIpc) is 2.89. The van der Waals surface area contributed by atoms with Crippen LogP contribution in [0.5, 0.6) is 0 Å². The molecule has 142 valence electrons. The van der Waals surface area contributed by atoms with E-state index in [9.17, 15) is 0 Å². The Kier molecular flexibility index (Phi) is 4.98. The Hall–Kier alpha value is -2.06. The molecule has 0 aliphatic carbocycles. The molecule has 3 rings (SSSR count). The highest BCUT2D eigenvalue weighted by molar-refractivity contribution is 6.91. The molecule has 0 atom stereocenters. The summed E-state index contributed by atoms with van der Waals surface area (Å²) in [7, 11) is -2.04. The Labute approximate surface area is 166 Å². The zero-order chi connectivity index (χ0) is 19.9. The molecule has 0 aromatic heterocycles. The van der Waals surface area contributed by atoms with Gasteiger partial charge in [-0.3, -0.25) is 0 Å². The Balaban J connectivity index is 2.30. The highest BCUT2D eigenvalue weighted by atomic mass is 28.3. The maximum absolute atomic E-state index is 4.16. The fourth-order valence-corrected chi connectivity index (χ4v) is 11.9. The maximum Gasteiger partial charge on any atom is 0.192 e. The first-order valence-electron chi connectivity index (χ1n) is 9.90. The lowest BCUT2D eigenvalue weighted by Gasteiger charge is -2.50. The van der Waals surface area contributed by atoms with E-state index in [1.807, 2.05) is 0 Å². The van der Waals surface area contributed by atoms with Crippen LogP contribution in [0.4, 0.5) is 0 Å². The third-order valence-electron chi connectivity index (χ3n) is 5.95. The van der Waals surface area contributed by atoms with Gasteiger partial charge in [0.1, 0.15) is 0 Å². The molecule has 1 N–H and O–H groups in total. The monoisotopic (exact) mass is 375 g/mol. The van der Waals surface area contributed by atoms with Crippen LogP contribution in [0.15, 0.2) is 71.6 Å². The van der Waals surface area contributed by atoms with Gasteiger partial charge < -0.3 is 4.98 Å². The normalized spacial score (nSPS) is 18.7. The van der Waals surface area contributed by atoms with Crippen molar-refractivity contribution in [3.05, 3.63) is 82.7 Å². The van der Waals surface area contributed by atoms with Crippen LogP contribution in [0.25, 0.3) is 11.6 Å². The summed E-state index contributed by atoms with van der Waals surface area (Å²) >= 11 is 0. The van der Waals surface area contributed by atoms with E-state index in [2.05, 4.69) is 120 Å². The van der Waals surface area contributed by atoms with Gasteiger partial charge in [-0.1, -0.05) is 107 Å². The number of rotatable bonds is 2. The quantitative estimate of drug-likeness (QED) is 0.548. The third-order valence-corrected chi connectivity index (χ3v) is 12.5. The van der Waals surface area contributed by atoms with Crippen molar-refractivity contribution in [2.24, 2.45) is 0 Å². The van der Waals surface area contributed by atoms with Gasteiger partial charge in [-0.25, -0.2) is 0 Å². The molecule has 0 fully saturated rings. The molecule has 0 saturated carbocycles. The Bertz CT molecular complexity index is 848. The van der Waals surface area contributed by atoms with Crippen molar-refractivity contribution in [1.29, 1.82) is 0 Å². The van der Waals surface area contributed by atoms with Crippen molar-refractivity contribution in [2.45, 2.75) is 58.5 Å². The highest BCUT2D eigenvalue weighted by Crippen LogP contribution is 2.58. The molecule has 2 aromatic rings. The van der Waals surface area contributed by atoms with Crippen LogP contribution >= 0.6 is 0 Å². The predicted molar refractivity (Wildman–Crippen MR) is 122 cm³/mol. The van der Waals surface area contributed by atoms with Crippen LogP contribution in [-0.4, -0.2) is 8.24 Å². The Morgan fingerprint density at radius 2 is 1.22 bits per heavy atom. The summed E-state index contributed by atoms with van der Waals surface area (Å²) < 4.78 is 0. The number of benzene rings is 2. The van der Waals surface area contributed by atoms with Crippen molar-refractivity contribution in [3.8, 4) is 0 Å². The van der Waals surface area contributed by atoms with Crippen molar-refractivity contribution >= 4 is 19.9 Å². The standard InChI is InChI=1S/C25H33NSi/c1-19-23(21-16-12-9-13-17-21)22(18-20-14-10-8-11-15-20)26-27(19,24(2,3)4)25(5,6)7/h8-18,26H,1-7H3/b22-18-. The van der Waals surface area contributed by atoms with Gasteiger partial charge in [0.05, 0.1) is 0 Å². The molecular formula is C25H33NSi. The van der Waals surface area contributed by atoms with E-state index in [4.69, 9.17) is 0 Å². The summed E-state index contributed by atoms with van der Waals surface area (Å²) in [4.78, 5) is 4.16. The second-order valence-electron chi connectivity index (χ2n) is 9.71. The van der Waals surface area contributed by atoms with Gasteiger partial charge in [0.25, 0.3) is 0 Å². The lowest BCUT2D eigenvalue weighted by Crippen LogP contribution is -2.61. The zero-order valence-electron chi connectivity index (χ0n) is 17.9. The van der Waals surface area contributed by atoms with Crippen molar-refractivity contribution < 1.29 is 0 Å². The van der Waals surface area contributed by atoms with Gasteiger partial charge in [-0.15, -0.1) is 0 Å².